The molecule has 230 valence electrons. The molecular formula is C28H32ClF3N8O3. The second kappa shape index (κ2) is 12.1. The summed E-state index contributed by atoms with van der Waals surface area (Å²) in [6.07, 6.45) is 2.75. The smallest absolute Gasteiger partial charge is 0.296 e. The predicted molar refractivity (Wildman–Crippen MR) is 153 cm³/mol. The predicted octanol–water partition coefficient (Wildman–Crippen LogP) is 2.25. The van der Waals surface area contributed by atoms with E-state index in [4.69, 9.17) is 0 Å². The van der Waals surface area contributed by atoms with E-state index in [-0.39, 0.29) is 50.5 Å². The number of halogens is 4. The van der Waals surface area contributed by atoms with Crippen molar-refractivity contribution in [3.63, 3.8) is 0 Å². The van der Waals surface area contributed by atoms with Gasteiger partial charge in [-0.05, 0) is 49.9 Å². The molecule has 1 fully saturated rings. The number of likely N-dealkylation sites (tertiary alicyclic amines) is 1. The van der Waals surface area contributed by atoms with E-state index in [1.54, 1.807) is 6.20 Å². The molecule has 2 unspecified atom stereocenters. The van der Waals surface area contributed by atoms with Crippen molar-refractivity contribution in [2.24, 2.45) is 0 Å². The van der Waals surface area contributed by atoms with Crippen LogP contribution in [0.1, 0.15) is 36.4 Å². The number of amides is 1. The summed E-state index contributed by atoms with van der Waals surface area (Å²) in [6, 6.07) is 5.97. The van der Waals surface area contributed by atoms with Crippen LogP contribution in [0, 0.1) is 5.95 Å². The fraction of sp³-hybridized carbons (Fsp3) is 0.464. The summed E-state index contributed by atoms with van der Waals surface area (Å²) < 4.78 is 43.9. The van der Waals surface area contributed by atoms with Gasteiger partial charge in [0.25, 0.3) is 12.0 Å². The van der Waals surface area contributed by atoms with Crippen LogP contribution in [0.3, 0.4) is 0 Å². The number of piperidine rings is 1. The van der Waals surface area contributed by atoms with Gasteiger partial charge in [-0.2, -0.15) is 9.49 Å². The molecule has 43 heavy (non-hydrogen) atoms. The van der Waals surface area contributed by atoms with Gasteiger partial charge in [0.15, 0.2) is 0 Å². The van der Waals surface area contributed by atoms with Gasteiger partial charge in [-0.25, -0.2) is 18.3 Å². The Balaban J connectivity index is 0.00000368. The maximum Gasteiger partial charge on any atom is 0.296 e. The van der Waals surface area contributed by atoms with Crippen molar-refractivity contribution < 1.29 is 23.1 Å². The topological polar surface area (TPSA) is 123 Å². The molecule has 2 atom stereocenters. The maximum absolute atomic E-state index is 13.6. The SMILES string of the molecule is CNC1Cc2ccc(-c3cnc4c(=O)n(CC5(O)CCN(C(=O)CC(C(F)F)n6ccc(F)n6)CC5)cnn34)cc2C1.Cl. The molecule has 4 aromatic rings. The third-order valence-corrected chi connectivity index (χ3v) is 8.44. The number of nitrogens with one attached hydrogen (secondary N) is 1. The zero-order valence-electron chi connectivity index (χ0n) is 23.4. The van der Waals surface area contributed by atoms with Gasteiger partial charge in [-0.15, -0.1) is 17.5 Å². The summed E-state index contributed by atoms with van der Waals surface area (Å²) in [6.45, 7) is 0.170. The highest BCUT2D eigenvalue weighted by Crippen LogP contribution is 2.29. The number of hydrogen-bond donors (Lipinski definition) is 2. The van der Waals surface area contributed by atoms with Gasteiger partial charge >= 0.3 is 0 Å². The van der Waals surface area contributed by atoms with Crippen molar-refractivity contribution in [2.45, 2.75) is 62.8 Å². The van der Waals surface area contributed by atoms with Crippen LogP contribution >= 0.6 is 12.4 Å². The number of carbonyl (C=O) groups is 1. The lowest BCUT2D eigenvalue weighted by Gasteiger charge is -2.38. The molecule has 2 aliphatic rings. The molecule has 3 aromatic heterocycles. The molecule has 1 amide bonds. The highest BCUT2D eigenvalue weighted by atomic mass is 35.5. The molecule has 15 heteroatoms. The van der Waals surface area contributed by atoms with Gasteiger partial charge in [0.2, 0.25) is 17.5 Å². The van der Waals surface area contributed by atoms with Crippen molar-refractivity contribution >= 4 is 24.0 Å². The summed E-state index contributed by atoms with van der Waals surface area (Å²) in [5.41, 5.74) is 2.55. The lowest BCUT2D eigenvalue weighted by molar-refractivity contribution is -0.138. The summed E-state index contributed by atoms with van der Waals surface area (Å²) in [5, 5.41) is 22.4. The van der Waals surface area contributed by atoms with E-state index in [0.717, 1.165) is 35.4 Å². The monoisotopic (exact) mass is 620 g/mol. The zero-order valence-corrected chi connectivity index (χ0v) is 24.2. The Hall–Kier alpha value is -3.75. The van der Waals surface area contributed by atoms with E-state index >= 15 is 0 Å². The minimum absolute atomic E-state index is 0. The number of alkyl halides is 2. The molecule has 2 N–H and O–H groups in total. The molecule has 0 radical (unpaired) electrons. The third-order valence-electron chi connectivity index (χ3n) is 8.44. The highest BCUT2D eigenvalue weighted by molar-refractivity contribution is 5.85. The number of fused-ring (bicyclic) bond motifs is 2. The number of hydrogen-bond acceptors (Lipinski definition) is 7. The average Bonchev–Trinajstić information content (AvgIpc) is 3.71. The Labute approximate surface area is 250 Å². The van der Waals surface area contributed by atoms with Crippen molar-refractivity contribution in [1.29, 1.82) is 0 Å². The molecule has 1 aromatic carbocycles. The van der Waals surface area contributed by atoms with Gasteiger partial charge in [0, 0.05) is 37.0 Å². The number of imidazole rings is 1. The Morgan fingerprint density at radius 2 is 1.93 bits per heavy atom. The van der Waals surface area contributed by atoms with Crippen LogP contribution in [0.25, 0.3) is 16.9 Å². The fourth-order valence-corrected chi connectivity index (χ4v) is 5.95. The lowest BCUT2D eigenvalue weighted by Crippen LogP contribution is -2.50. The molecular weight excluding hydrogens is 589 g/mol. The number of benzene rings is 1. The number of aliphatic hydroxyl groups is 1. The molecule has 0 saturated carbocycles. The average molecular weight is 621 g/mol. The molecule has 11 nitrogen and oxygen atoms in total. The zero-order chi connectivity index (χ0) is 29.6. The molecule has 6 rings (SSSR count). The van der Waals surface area contributed by atoms with E-state index in [0.29, 0.717) is 11.7 Å². The van der Waals surface area contributed by atoms with E-state index < -0.39 is 41.9 Å². The Kier molecular flexibility index (Phi) is 8.63. The van der Waals surface area contributed by atoms with E-state index in [9.17, 15) is 27.9 Å². The number of carbonyl (C=O) groups excluding carboxylic acids is 1. The van der Waals surface area contributed by atoms with Crippen LogP contribution < -0.4 is 10.9 Å². The van der Waals surface area contributed by atoms with Gasteiger partial charge in [-0.1, -0.05) is 12.1 Å². The van der Waals surface area contributed by atoms with Crippen LogP contribution in [0.15, 0.2) is 47.8 Å². The second-order valence-electron chi connectivity index (χ2n) is 11.1. The van der Waals surface area contributed by atoms with E-state index in [2.05, 4.69) is 32.6 Å². The van der Waals surface area contributed by atoms with Crippen LogP contribution in [0.2, 0.25) is 0 Å². The Morgan fingerprint density at radius 3 is 2.60 bits per heavy atom. The van der Waals surface area contributed by atoms with E-state index in [1.807, 2.05) is 13.1 Å². The van der Waals surface area contributed by atoms with Gasteiger partial charge < -0.3 is 15.3 Å². The van der Waals surface area contributed by atoms with Crippen molar-refractivity contribution in [2.75, 3.05) is 20.1 Å². The lowest BCUT2D eigenvalue weighted by atomic mass is 9.91. The van der Waals surface area contributed by atoms with Crippen molar-refractivity contribution in [1.82, 2.24) is 39.2 Å². The van der Waals surface area contributed by atoms with Crippen LogP contribution in [0.4, 0.5) is 13.2 Å². The first-order valence-corrected chi connectivity index (χ1v) is 13.9. The largest absolute Gasteiger partial charge is 0.388 e. The van der Waals surface area contributed by atoms with Gasteiger partial charge in [0.1, 0.15) is 12.4 Å². The standard InChI is InChI=1S/C28H31F3N8O3.ClH/c1-32-20-11-17-2-3-18(10-19(17)12-20)22-14-33-26-27(41)37(16-34-39(22)26)15-28(42)5-8-36(9-6-28)24(40)13-21(25(30)31)38-7-4-23(29)35-38;/h2-4,7,10,14,16,20-21,25,32,42H,5-6,8-9,11-13,15H2,1H3;1H. The molecule has 4 heterocycles. The van der Waals surface area contributed by atoms with E-state index in [1.165, 1.54) is 31.4 Å². The quantitative estimate of drug-likeness (QED) is 0.310. The van der Waals surface area contributed by atoms with Gasteiger partial charge in [0.05, 0.1) is 30.5 Å². The molecule has 1 saturated heterocycles. The fourth-order valence-electron chi connectivity index (χ4n) is 5.95. The molecule has 0 bridgehead atoms. The van der Waals surface area contributed by atoms with Crippen molar-refractivity contribution in [3.8, 4) is 11.3 Å². The van der Waals surface area contributed by atoms with Crippen LogP contribution in [-0.4, -0.2) is 83.1 Å². The van der Waals surface area contributed by atoms with Crippen LogP contribution in [0.5, 0.6) is 0 Å². The maximum atomic E-state index is 13.6. The first kappa shape index (κ1) is 30.7. The summed E-state index contributed by atoms with van der Waals surface area (Å²) in [7, 11) is 1.95. The molecule has 1 aliphatic heterocycles. The first-order valence-electron chi connectivity index (χ1n) is 13.9. The third kappa shape index (κ3) is 6.04. The number of aromatic nitrogens is 6. The van der Waals surface area contributed by atoms with Crippen molar-refractivity contribution in [3.05, 3.63) is 70.4 Å². The summed E-state index contributed by atoms with van der Waals surface area (Å²) >= 11 is 0. The minimum atomic E-state index is -2.92. The Morgan fingerprint density at radius 1 is 1.19 bits per heavy atom. The highest BCUT2D eigenvalue weighted by Gasteiger charge is 2.36. The Bertz CT molecular complexity index is 1680. The second-order valence-corrected chi connectivity index (χ2v) is 11.1. The molecule has 0 spiro atoms. The minimum Gasteiger partial charge on any atom is -0.388 e. The number of nitrogens with zero attached hydrogens (tertiary/aromatic N) is 7. The summed E-state index contributed by atoms with van der Waals surface area (Å²) in [4.78, 5) is 31.8. The summed E-state index contributed by atoms with van der Waals surface area (Å²) in [5.74, 6) is -1.45. The number of rotatable bonds is 8. The molecule has 1 aliphatic carbocycles. The number of likely N-dealkylation sites (N-methyl/N-ethyl adjacent to an activating group) is 1. The van der Waals surface area contributed by atoms with Crippen LogP contribution in [-0.2, 0) is 24.2 Å². The normalized spacial score (nSPS) is 18.6. The van der Waals surface area contributed by atoms with Gasteiger partial charge in [-0.3, -0.25) is 18.8 Å². The first-order chi connectivity index (χ1) is 20.1.